The third-order valence-electron chi connectivity index (χ3n) is 3.05. The summed E-state index contributed by atoms with van der Waals surface area (Å²) in [6.45, 7) is 0.636. The third-order valence-corrected chi connectivity index (χ3v) is 3.05. The highest BCUT2D eigenvalue weighted by Gasteiger charge is 2.22. The number of aromatic nitrogens is 1. The van der Waals surface area contributed by atoms with Crippen molar-refractivity contribution in [3.8, 4) is 17.5 Å². The average Bonchev–Trinajstić information content (AvgIpc) is 3.26. The molecule has 1 aromatic carbocycles. The van der Waals surface area contributed by atoms with Crippen molar-refractivity contribution in [1.82, 2.24) is 4.98 Å². The largest absolute Gasteiger partial charge is 0.476 e. The van der Waals surface area contributed by atoms with Gasteiger partial charge in [0.2, 0.25) is 11.8 Å². The van der Waals surface area contributed by atoms with Gasteiger partial charge in [0.05, 0.1) is 12.3 Å². The van der Waals surface area contributed by atoms with Crippen LogP contribution in [0, 0.1) is 11.7 Å². The SMILES string of the molecule is Nc1ccc(Oc2ccc(F)cc2)nc1OCC1CC1. The lowest BCUT2D eigenvalue weighted by Crippen LogP contribution is -2.04. The lowest BCUT2D eigenvalue weighted by Gasteiger charge is -2.10. The summed E-state index contributed by atoms with van der Waals surface area (Å²) in [5.74, 6) is 1.58. The van der Waals surface area contributed by atoms with Gasteiger partial charge in [-0.2, -0.15) is 4.98 Å². The Morgan fingerprint density at radius 2 is 1.90 bits per heavy atom. The molecule has 0 atom stereocenters. The summed E-state index contributed by atoms with van der Waals surface area (Å²) in [6, 6.07) is 9.08. The van der Waals surface area contributed by atoms with Crippen LogP contribution in [0.1, 0.15) is 12.8 Å². The topological polar surface area (TPSA) is 57.4 Å². The summed E-state index contributed by atoms with van der Waals surface area (Å²) in [7, 11) is 0. The van der Waals surface area contributed by atoms with Crippen LogP contribution in [0.2, 0.25) is 0 Å². The molecule has 2 N–H and O–H groups in total. The van der Waals surface area contributed by atoms with Crippen molar-refractivity contribution in [2.75, 3.05) is 12.3 Å². The molecule has 3 rings (SSSR count). The molecule has 1 aliphatic rings. The highest BCUT2D eigenvalue weighted by atomic mass is 19.1. The maximum Gasteiger partial charge on any atom is 0.240 e. The van der Waals surface area contributed by atoms with E-state index in [4.69, 9.17) is 15.2 Å². The number of benzene rings is 1. The minimum atomic E-state index is -0.309. The molecule has 1 aliphatic carbocycles. The fourth-order valence-corrected chi connectivity index (χ4v) is 1.71. The van der Waals surface area contributed by atoms with Crippen molar-refractivity contribution in [3.05, 3.63) is 42.2 Å². The summed E-state index contributed by atoms with van der Waals surface area (Å²) in [6.07, 6.45) is 2.40. The molecule has 1 heterocycles. The van der Waals surface area contributed by atoms with Crippen LogP contribution in [-0.4, -0.2) is 11.6 Å². The van der Waals surface area contributed by atoms with Crippen molar-refractivity contribution in [1.29, 1.82) is 0 Å². The summed E-state index contributed by atoms with van der Waals surface area (Å²) in [5, 5.41) is 0. The van der Waals surface area contributed by atoms with Gasteiger partial charge in [-0.3, -0.25) is 0 Å². The number of halogens is 1. The second kappa shape index (κ2) is 5.36. The number of nitrogen functional groups attached to an aromatic ring is 1. The number of ether oxygens (including phenoxy) is 2. The second-order valence-electron chi connectivity index (χ2n) is 4.85. The number of nitrogens with two attached hydrogens (primary N) is 1. The molecule has 20 heavy (non-hydrogen) atoms. The first-order valence-corrected chi connectivity index (χ1v) is 6.53. The normalized spacial score (nSPS) is 14.1. The van der Waals surface area contributed by atoms with Crippen LogP contribution in [0.5, 0.6) is 17.5 Å². The number of nitrogens with zero attached hydrogens (tertiary/aromatic N) is 1. The van der Waals surface area contributed by atoms with Crippen LogP contribution >= 0.6 is 0 Å². The molecule has 1 saturated carbocycles. The highest BCUT2D eigenvalue weighted by molar-refractivity contribution is 5.49. The van der Waals surface area contributed by atoms with Crippen molar-refractivity contribution in [2.24, 2.45) is 5.92 Å². The fraction of sp³-hybridized carbons (Fsp3) is 0.267. The van der Waals surface area contributed by atoms with Crippen LogP contribution in [-0.2, 0) is 0 Å². The molecule has 0 radical (unpaired) electrons. The van der Waals surface area contributed by atoms with Gasteiger partial charge in [0.15, 0.2) is 0 Å². The predicted octanol–water partition coefficient (Wildman–Crippen LogP) is 3.38. The zero-order valence-corrected chi connectivity index (χ0v) is 10.9. The van der Waals surface area contributed by atoms with E-state index in [1.807, 2.05) is 0 Å². The van der Waals surface area contributed by atoms with Gasteiger partial charge >= 0.3 is 0 Å². The molecule has 0 aliphatic heterocycles. The maximum atomic E-state index is 12.8. The van der Waals surface area contributed by atoms with E-state index < -0.39 is 0 Å². The van der Waals surface area contributed by atoms with Gasteiger partial charge in [-0.15, -0.1) is 0 Å². The van der Waals surface area contributed by atoms with Gasteiger partial charge in [-0.25, -0.2) is 4.39 Å². The lowest BCUT2D eigenvalue weighted by molar-refractivity contribution is 0.286. The molecular weight excluding hydrogens is 259 g/mol. The Morgan fingerprint density at radius 3 is 2.60 bits per heavy atom. The smallest absolute Gasteiger partial charge is 0.240 e. The number of hydrogen-bond acceptors (Lipinski definition) is 4. The molecule has 0 amide bonds. The van der Waals surface area contributed by atoms with Crippen LogP contribution in [0.4, 0.5) is 10.1 Å². The van der Waals surface area contributed by atoms with Gasteiger partial charge in [-0.1, -0.05) is 0 Å². The van der Waals surface area contributed by atoms with Crippen LogP contribution < -0.4 is 15.2 Å². The highest BCUT2D eigenvalue weighted by Crippen LogP contribution is 2.31. The average molecular weight is 274 g/mol. The zero-order valence-electron chi connectivity index (χ0n) is 10.9. The molecule has 0 bridgehead atoms. The maximum absolute atomic E-state index is 12.8. The minimum absolute atomic E-state index is 0.309. The van der Waals surface area contributed by atoms with Crippen molar-refractivity contribution < 1.29 is 13.9 Å². The van der Waals surface area contributed by atoms with Crippen molar-refractivity contribution in [2.45, 2.75) is 12.8 Å². The zero-order chi connectivity index (χ0) is 13.9. The predicted molar refractivity (Wildman–Crippen MR) is 73.3 cm³/mol. The Bertz CT molecular complexity index is 597. The Kier molecular flexibility index (Phi) is 3.41. The van der Waals surface area contributed by atoms with E-state index in [-0.39, 0.29) is 5.82 Å². The van der Waals surface area contributed by atoms with Gasteiger partial charge < -0.3 is 15.2 Å². The number of hydrogen-bond donors (Lipinski definition) is 1. The van der Waals surface area contributed by atoms with Gasteiger partial charge in [0.25, 0.3) is 0 Å². The van der Waals surface area contributed by atoms with Crippen molar-refractivity contribution in [3.63, 3.8) is 0 Å². The Balaban J connectivity index is 1.71. The lowest BCUT2D eigenvalue weighted by atomic mass is 10.3. The van der Waals surface area contributed by atoms with E-state index in [0.29, 0.717) is 35.7 Å². The second-order valence-corrected chi connectivity index (χ2v) is 4.85. The van der Waals surface area contributed by atoms with E-state index in [1.165, 1.54) is 37.1 Å². The number of rotatable bonds is 5. The molecule has 0 saturated heterocycles. The van der Waals surface area contributed by atoms with Gasteiger partial charge in [0, 0.05) is 6.07 Å². The summed E-state index contributed by atoms with van der Waals surface area (Å²) >= 11 is 0. The first-order chi connectivity index (χ1) is 9.70. The van der Waals surface area contributed by atoms with E-state index in [0.717, 1.165) is 0 Å². The molecule has 1 aromatic heterocycles. The van der Waals surface area contributed by atoms with Crippen molar-refractivity contribution >= 4 is 5.69 Å². The van der Waals surface area contributed by atoms with Gasteiger partial charge in [-0.05, 0) is 49.1 Å². The first kappa shape index (κ1) is 12.7. The quantitative estimate of drug-likeness (QED) is 0.908. The van der Waals surface area contributed by atoms with Crippen LogP contribution in [0.15, 0.2) is 36.4 Å². The van der Waals surface area contributed by atoms with E-state index >= 15 is 0 Å². The van der Waals surface area contributed by atoms with E-state index in [2.05, 4.69) is 4.98 Å². The summed E-state index contributed by atoms with van der Waals surface area (Å²) < 4.78 is 23.9. The van der Waals surface area contributed by atoms with Crippen LogP contribution in [0.3, 0.4) is 0 Å². The van der Waals surface area contributed by atoms with E-state index in [1.54, 1.807) is 12.1 Å². The minimum Gasteiger partial charge on any atom is -0.476 e. The van der Waals surface area contributed by atoms with Crippen LogP contribution in [0.25, 0.3) is 0 Å². The molecular formula is C15H15FN2O2. The molecule has 1 fully saturated rings. The Hall–Kier alpha value is -2.30. The number of pyridine rings is 1. The fourth-order valence-electron chi connectivity index (χ4n) is 1.71. The molecule has 4 nitrogen and oxygen atoms in total. The Morgan fingerprint density at radius 1 is 1.15 bits per heavy atom. The van der Waals surface area contributed by atoms with Gasteiger partial charge in [0.1, 0.15) is 11.6 Å². The Labute approximate surface area is 116 Å². The standard InChI is InChI=1S/C15H15FN2O2/c16-11-3-5-12(6-4-11)20-14-8-7-13(17)15(18-14)19-9-10-1-2-10/h3-8,10H,1-2,9,17H2. The monoisotopic (exact) mass is 274 g/mol. The van der Waals surface area contributed by atoms with E-state index in [9.17, 15) is 4.39 Å². The first-order valence-electron chi connectivity index (χ1n) is 6.53. The summed E-state index contributed by atoms with van der Waals surface area (Å²) in [5.41, 5.74) is 6.30. The number of anilines is 1. The summed E-state index contributed by atoms with van der Waals surface area (Å²) in [4.78, 5) is 4.23. The molecule has 0 spiro atoms. The molecule has 5 heteroatoms. The molecule has 104 valence electrons. The third kappa shape index (κ3) is 3.17. The molecule has 0 unspecified atom stereocenters. The molecule has 2 aromatic rings.